The highest BCUT2D eigenvalue weighted by atomic mass is 16.6. The zero-order chi connectivity index (χ0) is 5.28. The topological polar surface area (TPSA) is 47.6 Å². The molecule has 1 aliphatic heterocycles. The highest BCUT2D eigenvalue weighted by molar-refractivity contribution is 5.81. The summed E-state index contributed by atoms with van der Waals surface area (Å²) in [6, 6.07) is 0. The van der Waals surface area contributed by atoms with Crippen LogP contribution < -0.4 is 5.73 Å². The predicted octanol–water partition coefficient (Wildman–Crippen LogP) is 0.180. The van der Waals surface area contributed by atoms with Crippen LogP contribution in [0.2, 0.25) is 0 Å². The molecule has 0 saturated heterocycles. The van der Waals surface area contributed by atoms with Crippen LogP contribution in [0.15, 0.2) is 5.16 Å². The predicted molar refractivity (Wildman–Crippen MR) is 27.9 cm³/mol. The second-order valence-electron chi connectivity index (χ2n) is 1.70. The molecule has 0 aliphatic carbocycles. The molecular weight excluding hydrogens is 92.1 g/mol. The first kappa shape index (κ1) is 4.43. The molecule has 0 aromatic rings. The minimum absolute atomic E-state index is 0. The number of hydrogen-bond donors (Lipinski definition) is 1. The van der Waals surface area contributed by atoms with Crippen LogP contribution in [0.4, 0.5) is 0 Å². The summed E-state index contributed by atoms with van der Waals surface area (Å²) < 4.78 is 0. The fourth-order valence-electron chi connectivity index (χ4n) is 0.527. The van der Waals surface area contributed by atoms with E-state index in [1.807, 2.05) is 6.92 Å². The van der Waals surface area contributed by atoms with Crippen molar-refractivity contribution in [1.82, 2.24) is 0 Å². The van der Waals surface area contributed by atoms with Crippen LogP contribution in [0.1, 0.15) is 14.8 Å². The highest BCUT2D eigenvalue weighted by Crippen LogP contribution is 2.04. The Morgan fingerprint density at radius 1 is 2.14 bits per heavy atom. The standard InChI is InChI=1S/C4H8N2O/c1-3-2-4(5)6-7-3/h3H,2H2,1H3,(H2,5,6)/p+1. The van der Waals surface area contributed by atoms with Crippen molar-refractivity contribution in [3.8, 4) is 0 Å². The van der Waals surface area contributed by atoms with Crippen molar-refractivity contribution in [3.05, 3.63) is 0 Å². The monoisotopic (exact) mass is 101 g/mol. The third-order valence-corrected chi connectivity index (χ3v) is 0.846. The fraction of sp³-hybridized carbons (Fsp3) is 0.750. The first-order valence-electron chi connectivity index (χ1n) is 2.27. The minimum Gasteiger partial charge on any atom is -0.391 e. The van der Waals surface area contributed by atoms with Gasteiger partial charge in [-0.1, -0.05) is 5.16 Å². The molecule has 2 N–H and O–H groups in total. The van der Waals surface area contributed by atoms with Gasteiger partial charge >= 0.3 is 1.43 Å². The average molecular weight is 101 g/mol. The van der Waals surface area contributed by atoms with Crippen molar-refractivity contribution in [3.63, 3.8) is 0 Å². The molecule has 1 heterocycles. The van der Waals surface area contributed by atoms with Gasteiger partial charge in [0.25, 0.3) is 0 Å². The molecule has 0 fully saturated rings. The van der Waals surface area contributed by atoms with E-state index >= 15 is 0 Å². The Morgan fingerprint density at radius 2 is 2.86 bits per heavy atom. The van der Waals surface area contributed by atoms with Gasteiger partial charge in [-0.3, -0.25) is 0 Å². The molecule has 1 rings (SSSR count). The number of amidine groups is 1. The van der Waals surface area contributed by atoms with Crippen LogP contribution in [-0.2, 0) is 4.84 Å². The summed E-state index contributed by atoms with van der Waals surface area (Å²) in [5, 5.41) is 3.51. The SMILES string of the molecule is CC1CC(N)=NO1.[H+]. The molecule has 0 radical (unpaired) electrons. The lowest BCUT2D eigenvalue weighted by Crippen LogP contribution is -2.10. The van der Waals surface area contributed by atoms with Gasteiger partial charge in [-0.15, -0.1) is 0 Å². The Morgan fingerprint density at radius 3 is 3.00 bits per heavy atom. The first-order chi connectivity index (χ1) is 3.29. The van der Waals surface area contributed by atoms with Crippen LogP contribution in [-0.4, -0.2) is 11.9 Å². The fourth-order valence-corrected chi connectivity index (χ4v) is 0.527. The van der Waals surface area contributed by atoms with Crippen molar-refractivity contribution in [2.24, 2.45) is 10.9 Å². The summed E-state index contributed by atoms with van der Waals surface area (Å²) in [6.07, 6.45) is 0.972. The number of nitrogens with zero attached hydrogens (tertiary/aromatic N) is 1. The average Bonchev–Trinajstić information content (AvgIpc) is 1.87. The first-order valence-corrected chi connectivity index (χ1v) is 2.27. The van der Waals surface area contributed by atoms with Crippen LogP contribution in [0.25, 0.3) is 0 Å². The summed E-state index contributed by atoms with van der Waals surface area (Å²) >= 11 is 0. The second-order valence-corrected chi connectivity index (χ2v) is 1.70. The summed E-state index contributed by atoms with van der Waals surface area (Å²) in [4.78, 5) is 4.73. The van der Waals surface area contributed by atoms with Gasteiger partial charge in [-0.2, -0.15) is 0 Å². The number of hydrogen-bond acceptors (Lipinski definition) is 3. The van der Waals surface area contributed by atoms with E-state index in [1.54, 1.807) is 0 Å². The quantitative estimate of drug-likeness (QED) is 0.473. The van der Waals surface area contributed by atoms with E-state index in [9.17, 15) is 0 Å². The van der Waals surface area contributed by atoms with Gasteiger partial charge < -0.3 is 10.6 Å². The van der Waals surface area contributed by atoms with Crippen LogP contribution in [0.5, 0.6) is 0 Å². The molecule has 3 heteroatoms. The second kappa shape index (κ2) is 1.40. The maximum absolute atomic E-state index is 5.25. The largest absolute Gasteiger partial charge is 1.00 e. The van der Waals surface area contributed by atoms with E-state index in [1.165, 1.54) is 0 Å². The molecule has 0 bridgehead atoms. The maximum Gasteiger partial charge on any atom is 1.00 e. The Hall–Kier alpha value is -0.730. The van der Waals surface area contributed by atoms with Gasteiger partial charge in [-0.25, -0.2) is 0 Å². The van der Waals surface area contributed by atoms with Crippen molar-refractivity contribution >= 4 is 5.84 Å². The summed E-state index contributed by atoms with van der Waals surface area (Å²) in [7, 11) is 0. The molecule has 0 aromatic carbocycles. The van der Waals surface area contributed by atoms with E-state index in [0.29, 0.717) is 5.84 Å². The highest BCUT2D eigenvalue weighted by Gasteiger charge is 2.11. The van der Waals surface area contributed by atoms with Crippen LogP contribution in [0.3, 0.4) is 0 Å². The summed E-state index contributed by atoms with van der Waals surface area (Å²) in [5.74, 6) is 0.604. The van der Waals surface area contributed by atoms with Crippen LogP contribution in [0, 0.1) is 0 Å². The molecule has 0 aromatic heterocycles. The normalized spacial score (nSPS) is 29.3. The minimum atomic E-state index is 0. The van der Waals surface area contributed by atoms with Gasteiger partial charge in [-0.05, 0) is 6.92 Å². The molecule has 1 unspecified atom stereocenters. The zero-order valence-corrected chi connectivity index (χ0v) is 4.22. The summed E-state index contributed by atoms with van der Waals surface area (Å²) in [5.41, 5.74) is 5.25. The van der Waals surface area contributed by atoms with E-state index < -0.39 is 0 Å². The third kappa shape index (κ3) is 0.824. The van der Waals surface area contributed by atoms with Crippen molar-refractivity contribution in [2.75, 3.05) is 0 Å². The number of nitrogens with two attached hydrogens (primary N) is 1. The molecule has 7 heavy (non-hydrogen) atoms. The van der Waals surface area contributed by atoms with E-state index in [-0.39, 0.29) is 7.53 Å². The third-order valence-electron chi connectivity index (χ3n) is 0.846. The van der Waals surface area contributed by atoms with Crippen molar-refractivity contribution in [2.45, 2.75) is 19.4 Å². The van der Waals surface area contributed by atoms with Crippen molar-refractivity contribution in [1.29, 1.82) is 0 Å². The Bertz CT molecular complexity index is 104. The smallest absolute Gasteiger partial charge is 0.391 e. The molecule has 3 nitrogen and oxygen atoms in total. The lowest BCUT2D eigenvalue weighted by atomic mass is 10.3. The molecule has 1 aliphatic rings. The molecule has 0 amide bonds. The van der Waals surface area contributed by atoms with Crippen LogP contribution >= 0.6 is 0 Å². The van der Waals surface area contributed by atoms with Gasteiger partial charge in [0.15, 0.2) is 0 Å². The summed E-state index contributed by atoms with van der Waals surface area (Å²) in [6.45, 7) is 1.93. The van der Waals surface area contributed by atoms with Crippen molar-refractivity contribution < 1.29 is 6.26 Å². The molecule has 1 atom stereocenters. The van der Waals surface area contributed by atoms with E-state index in [0.717, 1.165) is 6.42 Å². The Balaban J connectivity index is 0.000000490. The number of rotatable bonds is 0. The molecule has 40 valence electrons. The van der Waals surface area contributed by atoms with Gasteiger partial charge in [0.05, 0.1) is 0 Å². The van der Waals surface area contributed by atoms with Gasteiger partial charge in [0.2, 0.25) is 0 Å². The van der Waals surface area contributed by atoms with Gasteiger partial charge in [0, 0.05) is 6.42 Å². The lowest BCUT2D eigenvalue weighted by Gasteiger charge is -1.93. The number of oxime groups is 1. The van der Waals surface area contributed by atoms with Gasteiger partial charge in [0.1, 0.15) is 11.9 Å². The molecule has 0 spiro atoms. The Labute approximate surface area is 43.6 Å². The maximum atomic E-state index is 5.25. The van der Waals surface area contributed by atoms with E-state index in [4.69, 9.17) is 10.6 Å². The van der Waals surface area contributed by atoms with E-state index in [2.05, 4.69) is 5.16 Å². The Kier molecular flexibility index (Phi) is 0.889. The molecule has 0 saturated carbocycles. The lowest BCUT2D eigenvalue weighted by molar-refractivity contribution is 0.0995. The molecular formula is C4H9N2O+. The zero-order valence-electron chi connectivity index (χ0n) is 5.22.